The Morgan fingerprint density at radius 2 is 1.58 bits per heavy atom. The van der Waals surface area contributed by atoms with E-state index in [-0.39, 0.29) is 12.5 Å². The van der Waals surface area contributed by atoms with Crippen molar-refractivity contribution in [1.29, 1.82) is 0 Å². The van der Waals surface area contributed by atoms with Crippen LogP contribution in [0.1, 0.15) is 60.9 Å². The van der Waals surface area contributed by atoms with Crippen LogP contribution in [0.4, 0.5) is 0 Å². The highest BCUT2D eigenvalue weighted by atomic mass is 16.7. The topological polar surface area (TPSA) is 81.7 Å². The number of hydrogen-bond acceptors (Lipinski definition) is 5. The SMILES string of the molecule is CC(=O)NCC(=Cc1c(C=O)cccc1C=O)B1OC(C)(C)C(C)(C)O1. The highest BCUT2D eigenvalue weighted by molar-refractivity contribution is 6.56. The molecule has 0 atom stereocenters. The number of aldehydes is 2. The van der Waals surface area contributed by atoms with Crippen LogP contribution in [-0.2, 0) is 14.1 Å². The molecule has 1 amide bonds. The van der Waals surface area contributed by atoms with Gasteiger partial charge in [0.05, 0.1) is 11.2 Å². The van der Waals surface area contributed by atoms with Crippen LogP contribution in [0, 0.1) is 0 Å². The van der Waals surface area contributed by atoms with Crippen LogP contribution in [0.3, 0.4) is 0 Å². The van der Waals surface area contributed by atoms with E-state index in [2.05, 4.69) is 5.32 Å². The molecule has 0 bridgehead atoms. The Morgan fingerprint density at radius 3 is 2.00 bits per heavy atom. The van der Waals surface area contributed by atoms with Crippen molar-refractivity contribution in [2.24, 2.45) is 0 Å². The van der Waals surface area contributed by atoms with Crippen molar-refractivity contribution < 1.29 is 23.7 Å². The summed E-state index contributed by atoms with van der Waals surface area (Å²) in [6.07, 6.45) is 3.07. The molecule has 1 aromatic carbocycles. The van der Waals surface area contributed by atoms with Gasteiger partial charge in [0.2, 0.25) is 5.91 Å². The van der Waals surface area contributed by atoms with Gasteiger partial charge in [-0.2, -0.15) is 0 Å². The van der Waals surface area contributed by atoms with Gasteiger partial charge in [0.25, 0.3) is 0 Å². The molecule has 1 N–H and O–H groups in total. The van der Waals surface area contributed by atoms with Gasteiger partial charge in [0, 0.05) is 24.6 Å². The number of carbonyl (C=O) groups is 3. The number of rotatable bonds is 6. The fourth-order valence-electron chi connectivity index (χ4n) is 2.58. The molecular weight excluding hydrogens is 333 g/mol. The summed E-state index contributed by atoms with van der Waals surface area (Å²) in [5.74, 6) is -0.202. The molecule has 1 heterocycles. The number of nitrogens with one attached hydrogen (secondary N) is 1. The monoisotopic (exact) mass is 357 g/mol. The van der Waals surface area contributed by atoms with Crippen molar-refractivity contribution in [1.82, 2.24) is 5.32 Å². The second-order valence-electron chi connectivity index (χ2n) is 7.30. The second kappa shape index (κ2) is 7.56. The molecule has 7 heteroatoms. The normalized spacial score (nSPS) is 18.5. The zero-order chi connectivity index (χ0) is 19.5. The van der Waals surface area contributed by atoms with Gasteiger partial charge in [-0.05, 0) is 38.7 Å². The lowest BCUT2D eigenvalue weighted by atomic mass is 9.76. The standard InChI is InChI=1S/C19H24BNO5/c1-13(24)21-10-16(20-25-18(2,3)19(4,5)26-20)9-17-14(11-22)7-6-8-15(17)12-23/h6-9,11-12H,10H2,1-5H3,(H,21,24). The van der Waals surface area contributed by atoms with Crippen LogP contribution < -0.4 is 5.32 Å². The predicted octanol–water partition coefficient (Wildman–Crippen LogP) is 2.46. The molecule has 1 aliphatic heterocycles. The van der Waals surface area contributed by atoms with E-state index >= 15 is 0 Å². The molecule has 1 aliphatic rings. The predicted molar refractivity (Wildman–Crippen MR) is 100.0 cm³/mol. The summed E-state index contributed by atoms with van der Waals surface area (Å²) in [5, 5.41) is 2.73. The molecule has 6 nitrogen and oxygen atoms in total. The zero-order valence-electron chi connectivity index (χ0n) is 15.8. The van der Waals surface area contributed by atoms with Gasteiger partial charge in [-0.3, -0.25) is 14.4 Å². The summed E-state index contributed by atoms with van der Waals surface area (Å²) in [6.45, 7) is 9.31. The highest BCUT2D eigenvalue weighted by Crippen LogP contribution is 2.38. The molecule has 138 valence electrons. The van der Waals surface area contributed by atoms with Gasteiger partial charge in [-0.15, -0.1) is 0 Å². The Morgan fingerprint density at radius 1 is 1.08 bits per heavy atom. The molecule has 0 aliphatic carbocycles. The van der Waals surface area contributed by atoms with Crippen molar-refractivity contribution in [3.63, 3.8) is 0 Å². The molecule has 1 aromatic rings. The van der Waals surface area contributed by atoms with Crippen molar-refractivity contribution in [3.05, 3.63) is 40.4 Å². The van der Waals surface area contributed by atoms with Gasteiger partial charge in [0.15, 0.2) is 12.6 Å². The van der Waals surface area contributed by atoms with Gasteiger partial charge >= 0.3 is 7.12 Å². The summed E-state index contributed by atoms with van der Waals surface area (Å²) in [4.78, 5) is 34.2. The number of hydrogen-bond donors (Lipinski definition) is 1. The second-order valence-corrected chi connectivity index (χ2v) is 7.30. The molecule has 0 aromatic heterocycles. The third-order valence-corrected chi connectivity index (χ3v) is 4.85. The molecule has 26 heavy (non-hydrogen) atoms. The maximum Gasteiger partial charge on any atom is 0.492 e. The Bertz CT molecular complexity index is 712. The quantitative estimate of drug-likeness (QED) is 0.625. The first-order chi connectivity index (χ1) is 12.1. The summed E-state index contributed by atoms with van der Waals surface area (Å²) in [7, 11) is -0.703. The summed E-state index contributed by atoms with van der Waals surface area (Å²) in [5.41, 5.74) is 0.761. The maximum atomic E-state index is 11.4. The van der Waals surface area contributed by atoms with Gasteiger partial charge in [-0.1, -0.05) is 24.3 Å². The molecule has 0 saturated carbocycles. The van der Waals surface area contributed by atoms with Crippen molar-refractivity contribution in [2.45, 2.75) is 45.8 Å². The third kappa shape index (κ3) is 4.11. The largest absolute Gasteiger partial charge is 0.492 e. The minimum atomic E-state index is -0.703. The number of amides is 1. The smallest absolute Gasteiger partial charge is 0.400 e. The van der Waals surface area contributed by atoms with Crippen LogP contribution in [-0.4, -0.2) is 43.3 Å². The summed E-state index contributed by atoms with van der Waals surface area (Å²) >= 11 is 0. The third-order valence-electron chi connectivity index (χ3n) is 4.85. The van der Waals surface area contributed by atoms with Crippen molar-refractivity contribution >= 4 is 31.7 Å². The van der Waals surface area contributed by atoms with Crippen LogP contribution >= 0.6 is 0 Å². The number of benzene rings is 1. The first kappa shape index (κ1) is 20.1. The molecule has 2 rings (SSSR count). The van der Waals surface area contributed by atoms with E-state index in [0.717, 1.165) is 0 Å². The Balaban J connectivity index is 2.50. The molecule has 1 saturated heterocycles. The van der Waals surface area contributed by atoms with E-state index in [1.54, 1.807) is 24.3 Å². The Labute approximate surface area is 154 Å². The fourth-order valence-corrected chi connectivity index (χ4v) is 2.58. The lowest BCUT2D eigenvalue weighted by molar-refractivity contribution is -0.118. The molecule has 0 spiro atoms. The van der Waals surface area contributed by atoms with Crippen LogP contribution in [0.25, 0.3) is 6.08 Å². The first-order valence-corrected chi connectivity index (χ1v) is 8.45. The van der Waals surface area contributed by atoms with E-state index in [9.17, 15) is 14.4 Å². The van der Waals surface area contributed by atoms with Gasteiger partial charge in [-0.25, -0.2) is 0 Å². The Kier molecular flexibility index (Phi) is 5.83. The summed E-state index contributed by atoms with van der Waals surface area (Å²) < 4.78 is 12.1. The lowest BCUT2D eigenvalue weighted by Crippen LogP contribution is -2.41. The zero-order valence-corrected chi connectivity index (χ0v) is 15.8. The summed E-state index contributed by atoms with van der Waals surface area (Å²) in [6, 6.07) is 4.91. The average molecular weight is 357 g/mol. The van der Waals surface area contributed by atoms with Crippen LogP contribution in [0.2, 0.25) is 0 Å². The van der Waals surface area contributed by atoms with E-state index in [4.69, 9.17) is 9.31 Å². The fraction of sp³-hybridized carbons (Fsp3) is 0.421. The molecular formula is C19H24BNO5. The van der Waals surface area contributed by atoms with E-state index in [0.29, 0.717) is 34.7 Å². The van der Waals surface area contributed by atoms with E-state index in [1.807, 2.05) is 27.7 Å². The molecule has 0 unspecified atom stereocenters. The Hall–Kier alpha value is -2.25. The van der Waals surface area contributed by atoms with Gasteiger partial charge < -0.3 is 14.6 Å². The van der Waals surface area contributed by atoms with E-state index < -0.39 is 18.3 Å². The van der Waals surface area contributed by atoms with E-state index in [1.165, 1.54) is 6.92 Å². The average Bonchev–Trinajstić information content (AvgIpc) is 2.78. The number of carbonyl (C=O) groups excluding carboxylic acids is 3. The maximum absolute atomic E-state index is 11.4. The first-order valence-electron chi connectivity index (χ1n) is 8.45. The highest BCUT2D eigenvalue weighted by Gasteiger charge is 2.52. The minimum Gasteiger partial charge on any atom is -0.400 e. The minimum absolute atomic E-state index is 0.178. The molecule has 1 fully saturated rings. The van der Waals surface area contributed by atoms with Crippen molar-refractivity contribution in [3.8, 4) is 0 Å². The van der Waals surface area contributed by atoms with Crippen LogP contribution in [0.5, 0.6) is 0 Å². The molecule has 0 radical (unpaired) electrons. The van der Waals surface area contributed by atoms with Crippen LogP contribution in [0.15, 0.2) is 23.7 Å². The lowest BCUT2D eigenvalue weighted by Gasteiger charge is -2.32. The van der Waals surface area contributed by atoms with Crippen molar-refractivity contribution in [2.75, 3.05) is 6.54 Å². The van der Waals surface area contributed by atoms with Gasteiger partial charge in [0.1, 0.15) is 0 Å².